The van der Waals surface area contributed by atoms with Gasteiger partial charge in [-0.05, 0) is 47.2 Å². The van der Waals surface area contributed by atoms with Gasteiger partial charge in [-0.15, -0.1) is 0 Å². The fraction of sp³-hybridized carbons (Fsp3) is 0. The molecule has 0 amide bonds. The molecule has 0 saturated carbocycles. The SMILES string of the molecule is c1ccc(-c2nc3ccccc3nc2-c2cc3c4ccccc4[nH]c3c3c4cccc5oc6cccc(c23)c6c54)cc1. The van der Waals surface area contributed by atoms with E-state index in [9.17, 15) is 0 Å². The van der Waals surface area contributed by atoms with Crippen molar-refractivity contribution in [3.05, 3.63) is 121 Å². The minimum atomic E-state index is 0.874. The van der Waals surface area contributed by atoms with Gasteiger partial charge in [0.1, 0.15) is 11.2 Å². The van der Waals surface area contributed by atoms with Crippen LogP contribution in [0.3, 0.4) is 0 Å². The van der Waals surface area contributed by atoms with Gasteiger partial charge in [0.05, 0.1) is 27.9 Å². The second-order valence-electron chi connectivity index (χ2n) is 11.0. The first-order valence-electron chi connectivity index (χ1n) is 14.2. The minimum Gasteiger partial charge on any atom is -0.456 e. The van der Waals surface area contributed by atoms with Gasteiger partial charge in [0, 0.05) is 49.0 Å². The molecule has 1 N–H and O–H groups in total. The zero-order chi connectivity index (χ0) is 27.4. The molecular weight excluding hydrogens is 514 g/mol. The van der Waals surface area contributed by atoms with Crippen LogP contribution < -0.4 is 0 Å². The van der Waals surface area contributed by atoms with Crippen molar-refractivity contribution in [2.75, 3.05) is 0 Å². The van der Waals surface area contributed by atoms with E-state index in [0.717, 1.165) is 71.9 Å². The third kappa shape index (κ3) is 2.80. The number of aromatic amines is 1. The van der Waals surface area contributed by atoms with E-state index >= 15 is 0 Å². The average Bonchev–Trinajstić information content (AvgIpc) is 3.62. The summed E-state index contributed by atoms with van der Waals surface area (Å²) < 4.78 is 6.41. The molecule has 3 heterocycles. The largest absolute Gasteiger partial charge is 0.456 e. The fourth-order valence-corrected chi connectivity index (χ4v) is 6.99. The summed E-state index contributed by atoms with van der Waals surface area (Å²) in [6.45, 7) is 0. The highest BCUT2D eigenvalue weighted by molar-refractivity contribution is 6.40. The summed E-state index contributed by atoms with van der Waals surface area (Å²) >= 11 is 0. The van der Waals surface area contributed by atoms with Crippen molar-refractivity contribution in [3.63, 3.8) is 0 Å². The molecular formula is C38H21N3O. The number of rotatable bonds is 2. The first kappa shape index (κ1) is 22.0. The predicted molar refractivity (Wildman–Crippen MR) is 173 cm³/mol. The van der Waals surface area contributed by atoms with E-state index < -0.39 is 0 Å². The van der Waals surface area contributed by atoms with Crippen LogP contribution >= 0.6 is 0 Å². The number of nitrogens with zero attached hydrogens (tertiary/aromatic N) is 2. The predicted octanol–water partition coefficient (Wildman–Crippen LogP) is 10.2. The topological polar surface area (TPSA) is 54.7 Å². The molecule has 4 nitrogen and oxygen atoms in total. The van der Waals surface area contributed by atoms with Crippen LogP contribution in [0.4, 0.5) is 0 Å². The number of hydrogen-bond donors (Lipinski definition) is 1. The molecule has 4 heteroatoms. The lowest BCUT2D eigenvalue weighted by Gasteiger charge is -2.16. The zero-order valence-corrected chi connectivity index (χ0v) is 22.3. The summed E-state index contributed by atoms with van der Waals surface area (Å²) in [5.41, 5.74) is 9.66. The normalized spacial score (nSPS) is 12.3. The lowest BCUT2D eigenvalue weighted by atomic mass is 9.88. The van der Waals surface area contributed by atoms with E-state index in [1.165, 1.54) is 26.9 Å². The highest BCUT2D eigenvalue weighted by Crippen LogP contribution is 2.49. The number of hydrogen-bond acceptors (Lipinski definition) is 3. The number of nitrogens with one attached hydrogen (secondary N) is 1. The third-order valence-corrected chi connectivity index (χ3v) is 8.74. The quantitative estimate of drug-likeness (QED) is 0.224. The number of furan rings is 1. The van der Waals surface area contributed by atoms with Gasteiger partial charge in [-0.3, -0.25) is 0 Å². The van der Waals surface area contributed by atoms with Crippen LogP contribution in [0.25, 0.3) is 98.8 Å². The van der Waals surface area contributed by atoms with Gasteiger partial charge in [-0.25, -0.2) is 9.97 Å². The van der Waals surface area contributed by atoms with Crippen molar-refractivity contribution in [3.8, 4) is 22.5 Å². The minimum absolute atomic E-state index is 0.874. The number of fused-ring (bicyclic) bond motifs is 8. The first-order valence-corrected chi connectivity index (χ1v) is 14.2. The molecule has 0 radical (unpaired) electrons. The van der Waals surface area contributed by atoms with Crippen LogP contribution in [0.2, 0.25) is 0 Å². The molecule has 0 spiro atoms. The Balaban J connectivity index is 1.51. The lowest BCUT2D eigenvalue weighted by Crippen LogP contribution is -1.97. The van der Waals surface area contributed by atoms with Crippen molar-refractivity contribution in [1.29, 1.82) is 0 Å². The van der Waals surface area contributed by atoms with Gasteiger partial charge in [0.15, 0.2) is 0 Å². The Kier molecular flexibility index (Phi) is 4.15. The van der Waals surface area contributed by atoms with Crippen molar-refractivity contribution >= 4 is 76.3 Å². The van der Waals surface area contributed by atoms with Gasteiger partial charge < -0.3 is 9.40 Å². The number of para-hydroxylation sites is 3. The van der Waals surface area contributed by atoms with E-state index in [0.29, 0.717) is 0 Å². The Morgan fingerprint density at radius 3 is 1.86 bits per heavy atom. The molecule has 10 aromatic rings. The van der Waals surface area contributed by atoms with Crippen LogP contribution in [0.5, 0.6) is 0 Å². The van der Waals surface area contributed by atoms with Gasteiger partial charge >= 0.3 is 0 Å². The van der Waals surface area contributed by atoms with Crippen LogP contribution in [0.15, 0.2) is 126 Å². The van der Waals surface area contributed by atoms with Crippen molar-refractivity contribution in [2.45, 2.75) is 0 Å². The maximum Gasteiger partial charge on any atom is 0.136 e. The Morgan fingerprint density at radius 1 is 0.476 bits per heavy atom. The van der Waals surface area contributed by atoms with Crippen molar-refractivity contribution < 1.29 is 4.42 Å². The molecule has 0 saturated heterocycles. The van der Waals surface area contributed by atoms with E-state index in [-0.39, 0.29) is 0 Å². The third-order valence-electron chi connectivity index (χ3n) is 8.74. The Bertz CT molecular complexity index is 2680. The molecule has 0 aliphatic carbocycles. The second-order valence-corrected chi connectivity index (χ2v) is 11.0. The fourth-order valence-electron chi connectivity index (χ4n) is 6.99. The maximum atomic E-state index is 6.41. The maximum absolute atomic E-state index is 6.41. The summed E-state index contributed by atoms with van der Waals surface area (Å²) in [5.74, 6) is 0. The van der Waals surface area contributed by atoms with Gasteiger partial charge in [0.2, 0.25) is 0 Å². The molecule has 0 unspecified atom stereocenters. The Morgan fingerprint density at radius 2 is 1.10 bits per heavy atom. The molecule has 0 aliphatic heterocycles. The molecule has 3 aromatic heterocycles. The lowest BCUT2D eigenvalue weighted by molar-refractivity contribution is 0.669. The Labute approximate surface area is 239 Å². The highest BCUT2D eigenvalue weighted by Gasteiger charge is 2.24. The van der Waals surface area contributed by atoms with E-state index in [4.69, 9.17) is 14.4 Å². The van der Waals surface area contributed by atoms with E-state index in [1.807, 2.05) is 30.3 Å². The summed E-state index contributed by atoms with van der Waals surface area (Å²) in [6.07, 6.45) is 0. The second kappa shape index (κ2) is 7.93. The number of H-pyrrole nitrogens is 1. The standard InChI is InChI=1S/C38H21N3O/c1-2-10-21(11-3-1)36-38(41-29-17-7-6-16-28(29)40-36)26-20-25-22-12-4-5-15-27(22)39-37(25)35-24-14-9-19-31-34(24)33-23(32(26)35)13-8-18-30(33)42-31/h1-20,39H. The Hall–Kier alpha value is -5.74. The number of aromatic nitrogens is 3. The van der Waals surface area contributed by atoms with Crippen molar-refractivity contribution in [2.24, 2.45) is 0 Å². The molecule has 7 aromatic carbocycles. The highest BCUT2D eigenvalue weighted by atomic mass is 16.3. The molecule has 0 fully saturated rings. The van der Waals surface area contributed by atoms with E-state index in [2.05, 4.69) is 96.0 Å². The zero-order valence-electron chi connectivity index (χ0n) is 22.3. The molecule has 0 aliphatic rings. The summed E-state index contributed by atoms with van der Waals surface area (Å²) in [7, 11) is 0. The van der Waals surface area contributed by atoms with Crippen molar-refractivity contribution in [1.82, 2.24) is 15.0 Å². The molecule has 10 rings (SSSR count). The summed E-state index contributed by atoms with van der Waals surface area (Å²) in [4.78, 5) is 14.4. The average molecular weight is 536 g/mol. The van der Waals surface area contributed by atoms with Crippen LogP contribution in [0, 0.1) is 0 Å². The monoisotopic (exact) mass is 535 g/mol. The summed E-state index contributed by atoms with van der Waals surface area (Å²) in [6, 6.07) is 42.2. The molecule has 0 atom stereocenters. The smallest absolute Gasteiger partial charge is 0.136 e. The summed E-state index contributed by atoms with van der Waals surface area (Å²) in [5, 5.41) is 9.35. The van der Waals surface area contributed by atoms with Crippen LogP contribution in [0.1, 0.15) is 0 Å². The van der Waals surface area contributed by atoms with E-state index in [1.54, 1.807) is 0 Å². The molecule has 194 valence electrons. The first-order chi connectivity index (χ1) is 20.8. The van der Waals surface area contributed by atoms with Gasteiger partial charge in [-0.1, -0.05) is 84.9 Å². The molecule has 42 heavy (non-hydrogen) atoms. The van der Waals surface area contributed by atoms with Gasteiger partial charge in [-0.2, -0.15) is 0 Å². The van der Waals surface area contributed by atoms with Crippen LogP contribution in [-0.4, -0.2) is 15.0 Å². The van der Waals surface area contributed by atoms with Crippen LogP contribution in [-0.2, 0) is 0 Å². The van der Waals surface area contributed by atoms with Gasteiger partial charge in [0.25, 0.3) is 0 Å². The molecule has 0 bridgehead atoms. The number of benzene rings is 7.